The summed E-state index contributed by atoms with van der Waals surface area (Å²) in [6, 6.07) is 0.790. The van der Waals surface area contributed by atoms with Crippen molar-refractivity contribution in [3.05, 3.63) is 0 Å². The lowest BCUT2D eigenvalue weighted by molar-refractivity contribution is -0.147. The van der Waals surface area contributed by atoms with Crippen molar-refractivity contribution in [1.29, 1.82) is 0 Å². The molecule has 21 heavy (non-hydrogen) atoms. The molecular weight excluding hydrogens is 262 g/mol. The maximum atomic E-state index is 6.17. The highest BCUT2D eigenvalue weighted by atomic mass is 16.5. The summed E-state index contributed by atoms with van der Waals surface area (Å²) in [7, 11) is 0. The number of rotatable bonds is 7. The molecule has 3 aliphatic rings. The summed E-state index contributed by atoms with van der Waals surface area (Å²) in [5.74, 6) is 1.86. The van der Waals surface area contributed by atoms with Gasteiger partial charge < -0.3 is 14.8 Å². The second-order valence-corrected chi connectivity index (χ2v) is 7.48. The van der Waals surface area contributed by atoms with Gasteiger partial charge in [0.15, 0.2) is 0 Å². The number of ether oxygens (including phenoxy) is 2. The molecule has 1 aliphatic carbocycles. The topological polar surface area (TPSA) is 30.5 Å². The Hall–Kier alpha value is -0.120. The molecule has 1 N–H and O–H groups in total. The van der Waals surface area contributed by atoms with E-state index in [1.807, 2.05) is 0 Å². The molecule has 2 unspecified atom stereocenters. The molecule has 0 bridgehead atoms. The lowest BCUT2D eigenvalue weighted by Gasteiger charge is -2.43. The minimum atomic E-state index is 0.174. The maximum absolute atomic E-state index is 6.17. The molecule has 0 aromatic heterocycles. The summed E-state index contributed by atoms with van der Waals surface area (Å²) in [5, 5.41) is 3.79. The van der Waals surface area contributed by atoms with E-state index in [4.69, 9.17) is 9.47 Å². The average molecular weight is 295 g/mol. The molecule has 1 saturated carbocycles. The highest BCUT2D eigenvalue weighted by Gasteiger charge is 2.39. The van der Waals surface area contributed by atoms with Gasteiger partial charge in [-0.2, -0.15) is 0 Å². The molecule has 3 nitrogen and oxygen atoms in total. The van der Waals surface area contributed by atoms with Gasteiger partial charge in [-0.05, 0) is 76.2 Å². The van der Waals surface area contributed by atoms with E-state index >= 15 is 0 Å². The van der Waals surface area contributed by atoms with E-state index < -0.39 is 0 Å². The summed E-state index contributed by atoms with van der Waals surface area (Å²) in [4.78, 5) is 0. The first-order valence-electron chi connectivity index (χ1n) is 9.26. The van der Waals surface area contributed by atoms with Gasteiger partial charge in [0.2, 0.25) is 0 Å². The van der Waals surface area contributed by atoms with Crippen molar-refractivity contribution in [2.45, 2.75) is 76.4 Å². The molecule has 0 aromatic rings. The van der Waals surface area contributed by atoms with Crippen LogP contribution in [0.4, 0.5) is 0 Å². The summed E-state index contributed by atoms with van der Waals surface area (Å²) in [6.07, 6.45) is 11.7. The van der Waals surface area contributed by atoms with Crippen LogP contribution in [0.1, 0.15) is 64.7 Å². The van der Waals surface area contributed by atoms with Gasteiger partial charge in [0.25, 0.3) is 0 Å². The van der Waals surface area contributed by atoms with Crippen molar-refractivity contribution in [1.82, 2.24) is 5.32 Å². The summed E-state index contributed by atoms with van der Waals surface area (Å²) in [6.45, 7) is 6.23. The zero-order valence-electron chi connectivity index (χ0n) is 13.7. The Kier molecular flexibility index (Phi) is 5.58. The molecule has 2 saturated heterocycles. The smallest absolute Gasteiger partial charge is 0.0729 e. The van der Waals surface area contributed by atoms with E-state index in [0.717, 1.165) is 50.5 Å². The van der Waals surface area contributed by atoms with E-state index in [-0.39, 0.29) is 5.60 Å². The lowest BCUT2D eigenvalue weighted by atomic mass is 9.78. The summed E-state index contributed by atoms with van der Waals surface area (Å²) < 4.78 is 11.7. The standard InChI is InChI=1S/C18H33NO2/c1-2-10-19-17(16-4-5-16)6-3-15-7-11-21-18(14-15)8-12-20-13-9-18/h15-17,19H,2-14H2,1H3. The monoisotopic (exact) mass is 295 g/mol. The van der Waals surface area contributed by atoms with Crippen LogP contribution < -0.4 is 5.32 Å². The minimum absolute atomic E-state index is 0.174. The van der Waals surface area contributed by atoms with Crippen LogP contribution in [-0.4, -0.2) is 38.0 Å². The highest BCUT2D eigenvalue weighted by molar-refractivity contribution is 4.91. The van der Waals surface area contributed by atoms with Crippen LogP contribution in [0, 0.1) is 11.8 Å². The molecule has 3 rings (SSSR count). The fourth-order valence-electron chi connectivity index (χ4n) is 4.22. The summed E-state index contributed by atoms with van der Waals surface area (Å²) >= 11 is 0. The van der Waals surface area contributed by atoms with Crippen LogP contribution in [0.5, 0.6) is 0 Å². The second-order valence-electron chi connectivity index (χ2n) is 7.48. The molecule has 2 atom stereocenters. The van der Waals surface area contributed by atoms with Crippen LogP contribution in [0.15, 0.2) is 0 Å². The number of hydrogen-bond donors (Lipinski definition) is 1. The molecule has 2 aliphatic heterocycles. The molecule has 0 amide bonds. The average Bonchev–Trinajstić information content (AvgIpc) is 3.33. The first kappa shape index (κ1) is 15.8. The van der Waals surface area contributed by atoms with Crippen LogP contribution in [-0.2, 0) is 9.47 Å². The van der Waals surface area contributed by atoms with Crippen molar-refractivity contribution in [3.8, 4) is 0 Å². The van der Waals surface area contributed by atoms with Gasteiger partial charge in [-0.1, -0.05) is 6.92 Å². The number of hydrogen-bond acceptors (Lipinski definition) is 3. The predicted octanol–water partition coefficient (Wildman–Crippen LogP) is 3.52. The molecule has 1 spiro atoms. The Bertz CT molecular complexity index is 305. The van der Waals surface area contributed by atoms with Crippen molar-refractivity contribution < 1.29 is 9.47 Å². The summed E-state index contributed by atoms with van der Waals surface area (Å²) in [5.41, 5.74) is 0.174. The molecule has 3 heteroatoms. The Morgan fingerprint density at radius 1 is 1.14 bits per heavy atom. The fourth-order valence-corrected chi connectivity index (χ4v) is 4.22. The zero-order valence-corrected chi connectivity index (χ0v) is 13.7. The van der Waals surface area contributed by atoms with Gasteiger partial charge >= 0.3 is 0 Å². The van der Waals surface area contributed by atoms with Crippen LogP contribution in [0.3, 0.4) is 0 Å². The molecule has 2 heterocycles. The molecule has 0 radical (unpaired) electrons. The third-order valence-corrected chi connectivity index (χ3v) is 5.73. The predicted molar refractivity (Wildman–Crippen MR) is 85.5 cm³/mol. The number of nitrogens with one attached hydrogen (secondary N) is 1. The van der Waals surface area contributed by atoms with Gasteiger partial charge in [-0.25, -0.2) is 0 Å². The highest BCUT2D eigenvalue weighted by Crippen LogP contribution is 2.40. The van der Waals surface area contributed by atoms with E-state index in [2.05, 4.69) is 12.2 Å². The van der Waals surface area contributed by atoms with E-state index in [1.54, 1.807) is 0 Å². The van der Waals surface area contributed by atoms with Crippen LogP contribution in [0.2, 0.25) is 0 Å². The van der Waals surface area contributed by atoms with Gasteiger partial charge in [-0.15, -0.1) is 0 Å². The van der Waals surface area contributed by atoms with Crippen molar-refractivity contribution in [3.63, 3.8) is 0 Å². The van der Waals surface area contributed by atoms with Gasteiger partial charge in [0, 0.05) is 25.9 Å². The molecule has 122 valence electrons. The Labute approximate surface area is 130 Å². The third kappa shape index (κ3) is 4.43. The third-order valence-electron chi connectivity index (χ3n) is 5.73. The normalized spacial score (nSPS) is 30.4. The van der Waals surface area contributed by atoms with E-state index in [9.17, 15) is 0 Å². The molecular formula is C18H33NO2. The van der Waals surface area contributed by atoms with Crippen molar-refractivity contribution >= 4 is 0 Å². The first-order valence-corrected chi connectivity index (χ1v) is 9.26. The molecule has 0 aromatic carbocycles. The Morgan fingerprint density at radius 2 is 1.95 bits per heavy atom. The second kappa shape index (κ2) is 7.43. The van der Waals surface area contributed by atoms with Gasteiger partial charge in [-0.3, -0.25) is 0 Å². The van der Waals surface area contributed by atoms with E-state index in [1.165, 1.54) is 51.5 Å². The van der Waals surface area contributed by atoms with Crippen molar-refractivity contribution in [2.24, 2.45) is 11.8 Å². The zero-order chi connectivity index (χ0) is 14.5. The van der Waals surface area contributed by atoms with Gasteiger partial charge in [0.05, 0.1) is 5.60 Å². The van der Waals surface area contributed by atoms with Crippen LogP contribution in [0.25, 0.3) is 0 Å². The Balaban J connectivity index is 1.45. The molecule has 3 fully saturated rings. The first-order chi connectivity index (χ1) is 10.3. The minimum Gasteiger partial charge on any atom is -0.381 e. The van der Waals surface area contributed by atoms with E-state index in [0.29, 0.717) is 0 Å². The largest absolute Gasteiger partial charge is 0.381 e. The SMILES string of the molecule is CCCNC(CCC1CCOC2(CCOCC2)C1)C1CC1. The lowest BCUT2D eigenvalue weighted by Crippen LogP contribution is -2.44. The maximum Gasteiger partial charge on any atom is 0.0729 e. The fraction of sp³-hybridized carbons (Fsp3) is 1.00. The Morgan fingerprint density at radius 3 is 2.67 bits per heavy atom. The van der Waals surface area contributed by atoms with Crippen molar-refractivity contribution in [2.75, 3.05) is 26.4 Å². The van der Waals surface area contributed by atoms with Crippen LogP contribution >= 0.6 is 0 Å². The quantitative estimate of drug-likeness (QED) is 0.779. The van der Waals surface area contributed by atoms with Gasteiger partial charge in [0.1, 0.15) is 0 Å².